The Balaban J connectivity index is 2.41. The standard InChI is InChI=1S/C5H11N5/c1-2-7-5-9-3-8-4(6)10-5/h2-3H2,1H3,(H4,6,7,8,9,10). The first-order chi connectivity index (χ1) is 4.83. The van der Waals surface area contributed by atoms with Crippen molar-refractivity contribution in [1.29, 1.82) is 0 Å². The maximum Gasteiger partial charge on any atom is 0.199 e. The van der Waals surface area contributed by atoms with E-state index in [0.717, 1.165) is 6.54 Å². The molecule has 56 valence electrons. The summed E-state index contributed by atoms with van der Waals surface area (Å²) in [4.78, 5) is 7.81. The van der Waals surface area contributed by atoms with Gasteiger partial charge in [-0.3, -0.25) is 5.32 Å². The monoisotopic (exact) mass is 141 g/mol. The maximum absolute atomic E-state index is 5.37. The summed E-state index contributed by atoms with van der Waals surface area (Å²) >= 11 is 0. The van der Waals surface area contributed by atoms with Gasteiger partial charge < -0.3 is 11.1 Å². The van der Waals surface area contributed by atoms with Crippen molar-refractivity contribution < 1.29 is 0 Å². The molecule has 0 bridgehead atoms. The minimum Gasteiger partial charge on any atom is -0.370 e. The molecule has 0 unspecified atom stereocenters. The molecule has 0 aromatic rings. The number of hydrogen-bond donors (Lipinski definition) is 3. The molecule has 0 aliphatic carbocycles. The van der Waals surface area contributed by atoms with E-state index in [1.807, 2.05) is 6.92 Å². The molecule has 10 heavy (non-hydrogen) atoms. The van der Waals surface area contributed by atoms with E-state index in [2.05, 4.69) is 20.6 Å². The van der Waals surface area contributed by atoms with Crippen LogP contribution in [0.5, 0.6) is 0 Å². The third-order valence-electron chi connectivity index (χ3n) is 1.06. The van der Waals surface area contributed by atoms with Crippen molar-refractivity contribution in [2.45, 2.75) is 6.92 Å². The molecule has 5 heteroatoms. The van der Waals surface area contributed by atoms with Gasteiger partial charge in [0.25, 0.3) is 0 Å². The highest BCUT2D eigenvalue weighted by Gasteiger charge is 2.01. The molecule has 0 aromatic carbocycles. The van der Waals surface area contributed by atoms with Gasteiger partial charge in [-0.05, 0) is 6.92 Å². The van der Waals surface area contributed by atoms with Gasteiger partial charge in [0.15, 0.2) is 11.9 Å². The molecule has 1 rings (SSSR count). The topological polar surface area (TPSA) is 74.8 Å². The summed E-state index contributed by atoms with van der Waals surface area (Å²) in [7, 11) is 0. The van der Waals surface area contributed by atoms with Crippen LogP contribution in [-0.4, -0.2) is 25.1 Å². The molecule has 0 saturated heterocycles. The largest absolute Gasteiger partial charge is 0.370 e. The third-order valence-corrected chi connectivity index (χ3v) is 1.06. The normalized spacial score (nSPS) is 16.9. The first-order valence-electron chi connectivity index (χ1n) is 3.18. The quantitative estimate of drug-likeness (QED) is 0.430. The summed E-state index contributed by atoms with van der Waals surface area (Å²) < 4.78 is 0. The Morgan fingerprint density at radius 2 is 2.50 bits per heavy atom. The second-order valence-corrected chi connectivity index (χ2v) is 1.85. The number of aliphatic imine (C=N–C) groups is 2. The Morgan fingerprint density at radius 1 is 1.70 bits per heavy atom. The molecular formula is C5H11N5. The van der Waals surface area contributed by atoms with Crippen molar-refractivity contribution >= 4 is 11.9 Å². The van der Waals surface area contributed by atoms with Crippen LogP contribution < -0.4 is 16.4 Å². The van der Waals surface area contributed by atoms with Crippen LogP contribution in [0.25, 0.3) is 0 Å². The number of rotatable bonds is 1. The van der Waals surface area contributed by atoms with Gasteiger partial charge in [-0.2, -0.15) is 0 Å². The SMILES string of the molecule is CCNC1=NCN=C(N)N1. The van der Waals surface area contributed by atoms with Crippen molar-refractivity contribution in [3.8, 4) is 0 Å². The zero-order valence-electron chi connectivity index (χ0n) is 5.89. The van der Waals surface area contributed by atoms with Gasteiger partial charge in [-0.25, -0.2) is 9.98 Å². The number of nitrogens with zero attached hydrogens (tertiary/aromatic N) is 2. The summed E-state index contributed by atoms with van der Waals surface area (Å²) in [6.07, 6.45) is 0. The fraction of sp³-hybridized carbons (Fsp3) is 0.600. The predicted molar refractivity (Wildman–Crippen MR) is 40.7 cm³/mol. The van der Waals surface area contributed by atoms with Crippen molar-refractivity contribution in [2.75, 3.05) is 13.2 Å². The molecule has 5 nitrogen and oxygen atoms in total. The molecule has 0 atom stereocenters. The first kappa shape index (κ1) is 6.85. The number of hydrogen-bond acceptors (Lipinski definition) is 5. The molecule has 4 N–H and O–H groups in total. The summed E-state index contributed by atoms with van der Waals surface area (Å²) in [5.41, 5.74) is 5.37. The Bertz CT molecular complexity index is 171. The molecule has 0 amide bonds. The fourth-order valence-corrected chi connectivity index (χ4v) is 0.650. The van der Waals surface area contributed by atoms with Gasteiger partial charge in [-0.1, -0.05) is 0 Å². The number of nitrogens with two attached hydrogens (primary N) is 1. The second-order valence-electron chi connectivity index (χ2n) is 1.85. The Hall–Kier alpha value is -1.26. The molecule has 1 aliphatic rings. The minimum atomic E-state index is 0.418. The van der Waals surface area contributed by atoms with Gasteiger partial charge in [0.1, 0.15) is 6.67 Å². The van der Waals surface area contributed by atoms with Crippen LogP contribution >= 0.6 is 0 Å². The van der Waals surface area contributed by atoms with E-state index >= 15 is 0 Å². The summed E-state index contributed by atoms with van der Waals surface area (Å²) in [5.74, 6) is 1.13. The average Bonchev–Trinajstić information content (AvgIpc) is 1.88. The van der Waals surface area contributed by atoms with Gasteiger partial charge in [0.2, 0.25) is 0 Å². The van der Waals surface area contributed by atoms with Crippen molar-refractivity contribution in [1.82, 2.24) is 10.6 Å². The van der Waals surface area contributed by atoms with Crippen LogP contribution in [0.2, 0.25) is 0 Å². The van der Waals surface area contributed by atoms with E-state index in [4.69, 9.17) is 5.73 Å². The highest BCUT2D eigenvalue weighted by Crippen LogP contribution is 1.80. The molecule has 0 spiro atoms. The van der Waals surface area contributed by atoms with Crippen LogP contribution in [-0.2, 0) is 0 Å². The van der Waals surface area contributed by atoms with Gasteiger partial charge in [-0.15, -0.1) is 0 Å². The smallest absolute Gasteiger partial charge is 0.199 e. The van der Waals surface area contributed by atoms with E-state index < -0.39 is 0 Å². The van der Waals surface area contributed by atoms with Gasteiger partial charge in [0, 0.05) is 6.54 Å². The summed E-state index contributed by atoms with van der Waals surface area (Å²) in [6, 6.07) is 0. The van der Waals surface area contributed by atoms with E-state index in [-0.39, 0.29) is 0 Å². The maximum atomic E-state index is 5.37. The van der Waals surface area contributed by atoms with E-state index in [9.17, 15) is 0 Å². The van der Waals surface area contributed by atoms with Crippen LogP contribution in [0.15, 0.2) is 9.98 Å². The zero-order valence-corrected chi connectivity index (χ0v) is 5.89. The van der Waals surface area contributed by atoms with Crippen LogP contribution in [0.1, 0.15) is 6.92 Å². The van der Waals surface area contributed by atoms with Crippen molar-refractivity contribution in [2.24, 2.45) is 15.7 Å². The number of guanidine groups is 2. The average molecular weight is 141 g/mol. The molecule has 0 radical (unpaired) electrons. The van der Waals surface area contributed by atoms with Gasteiger partial charge in [0.05, 0.1) is 0 Å². The lowest BCUT2D eigenvalue weighted by Crippen LogP contribution is -2.46. The molecule has 1 aliphatic heterocycles. The van der Waals surface area contributed by atoms with Crippen molar-refractivity contribution in [3.05, 3.63) is 0 Å². The second kappa shape index (κ2) is 3.05. The van der Waals surface area contributed by atoms with Crippen LogP contribution in [0.3, 0.4) is 0 Å². The zero-order chi connectivity index (χ0) is 7.40. The Labute approximate surface area is 59.4 Å². The lowest BCUT2D eigenvalue weighted by molar-refractivity contribution is 0.881. The highest BCUT2D eigenvalue weighted by molar-refractivity contribution is 5.98. The van der Waals surface area contributed by atoms with Crippen molar-refractivity contribution in [3.63, 3.8) is 0 Å². The molecule has 0 fully saturated rings. The molecule has 0 saturated carbocycles. The predicted octanol–water partition coefficient (Wildman–Crippen LogP) is -1.17. The lowest BCUT2D eigenvalue weighted by Gasteiger charge is -2.12. The van der Waals surface area contributed by atoms with E-state index in [0.29, 0.717) is 18.6 Å². The third kappa shape index (κ3) is 1.61. The molecule has 1 heterocycles. The van der Waals surface area contributed by atoms with Crippen LogP contribution in [0, 0.1) is 0 Å². The number of nitrogens with one attached hydrogen (secondary N) is 2. The Kier molecular flexibility index (Phi) is 2.09. The Morgan fingerprint density at radius 3 is 3.10 bits per heavy atom. The summed E-state index contributed by atoms with van der Waals surface area (Å²) in [5, 5.41) is 5.78. The fourth-order valence-electron chi connectivity index (χ4n) is 0.650. The van der Waals surface area contributed by atoms with Gasteiger partial charge >= 0.3 is 0 Å². The van der Waals surface area contributed by atoms with E-state index in [1.165, 1.54) is 0 Å². The van der Waals surface area contributed by atoms with E-state index in [1.54, 1.807) is 0 Å². The first-order valence-corrected chi connectivity index (χ1v) is 3.18. The highest BCUT2D eigenvalue weighted by atomic mass is 15.3. The summed E-state index contributed by atoms with van der Waals surface area (Å²) in [6.45, 7) is 3.24. The minimum absolute atomic E-state index is 0.418. The molecule has 0 aromatic heterocycles. The lowest BCUT2D eigenvalue weighted by atomic mass is 10.7. The van der Waals surface area contributed by atoms with Crippen LogP contribution in [0.4, 0.5) is 0 Å². The molecular weight excluding hydrogens is 130 g/mol.